The SMILES string of the molecule is CC(CCS(C)=O)NC(=O)[C@H](Cc1ccccc1)N(C)C(=O)CNC(=O)[C@@H](C)NC(=O)[C@@H](N)Cc1ccc(O)cc1. The van der Waals surface area contributed by atoms with Crippen LogP contribution in [0.2, 0.25) is 0 Å². The Morgan fingerprint density at radius 3 is 2.12 bits per heavy atom. The molecule has 224 valence electrons. The molecule has 0 heterocycles. The Balaban J connectivity index is 1.95. The maximum Gasteiger partial charge on any atom is 0.243 e. The summed E-state index contributed by atoms with van der Waals surface area (Å²) in [7, 11) is 0.516. The summed E-state index contributed by atoms with van der Waals surface area (Å²) in [6.07, 6.45) is 2.61. The molecule has 2 rings (SSSR count). The molecule has 2 aromatic carbocycles. The summed E-state index contributed by atoms with van der Waals surface area (Å²) >= 11 is 0. The number of carbonyl (C=O) groups is 4. The molecular weight excluding hydrogens is 546 g/mol. The van der Waals surface area contributed by atoms with Gasteiger partial charge < -0.3 is 31.7 Å². The number of nitrogens with one attached hydrogen (secondary N) is 3. The van der Waals surface area contributed by atoms with Gasteiger partial charge in [0.05, 0.1) is 12.6 Å². The van der Waals surface area contributed by atoms with Crippen molar-refractivity contribution in [3.63, 3.8) is 0 Å². The van der Waals surface area contributed by atoms with Gasteiger partial charge in [-0.05, 0) is 49.9 Å². The van der Waals surface area contributed by atoms with Crippen LogP contribution in [0.3, 0.4) is 0 Å². The second-order valence-electron chi connectivity index (χ2n) is 10.1. The number of aromatic hydroxyl groups is 1. The lowest BCUT2D eigenvalue weighted by Gasteiger charge is -2.29. The van der Waals surface area contributed by atoms with Gasteiger partial charge in [-0.25, -0.2) is 0 Å². The van der Waals surface area contributed by atoms with Crippen molar-refractivity contribution < 1.29 is 28.5 Å². The first-order valence-corrected chi connectivity index (χ1v) is 15.1. The Hall–Kier alpha value is -3.77. The van der Waals surface area contributed by atoms with Crippen LogP contribution in [-0.4, -0.2) is 87.6 Å². The summed E-state index contributed by atoms with van der Waals surface area (Å²) in [6, 6.07) is 12.6. The van der Waals surface area contributed by atoms with Gasteiger partial charge in [0, 0.05) is 42.3 Å². The Kier molecular flexibility index (Phi) is 13.4. The number of benzene rings is 2. The van der Waals surface area contributed by atoms with E-state index in [0.29, 0.717) is 12.2 Å². The zero-order chi connectivity index (χ0) is 30.5. The van der Waals surface area contributed by atoms with Gasteiger partial charge in [0.1, 0.15) is 17.8 Å². The van der Waals surface area contributed by atoms with Crippen LogP contribution in [0.25, 0.3) is 0 Å². The third-order valence-electron chi connectivity index (χ3n) is 6.56. The molecule has 0 fully saturated rings. The number of nitrogens with zero attached hydrogens (tertiary/aromatic N) is 1. The van der Waals surface area contributed by atoms with E-state index in [9.17, 15) is 28.5 Å². The normalized spacial score (nSPS) is 14.6. The van der Waals surface area contributed by atoms with Crippen LogP contribution in [0.1, 0.15) is 31.4 Å². The van der Waals surface area contributed by atoms with Crippen molar-refractivity contribution >= 4 is 34.4 Å². The molecule has 0 radical (unpaired) electrons. The van der Waals surface area contributed by atoms with Gasteiger partial charge in [0.25, 0.3) is 0 Å². The van der Waals surface area contributed by atoms with Crippen LogP contribution < -0.4 is 21.7 Å². The predicted octanol–water partition coefficient (Wildman–Crippen LogP) is 0.226. The van der Waals surface area contributed by atoms with Gasteiger partial charge in [0.2, 0.25) is 23.6 Å². The maximum atomic E-state index is 13.2. The molecule has 0 aliphatic carbocycles. The standard InChI is InChI=1S/C29H41N5O6S/c1-19(14-15-41(4)40)32-29(39)25(17-21-8-6-5-7-9-21)34(3)26(36)18-31-27(37)20(2)33-28(38)24(30)16-22-10-12-23(35)13-11-22/h5-13,19-20,24-25,35H,14-18,30H2,1-4H3,(H,31,37)(H,32,39)(H,33,38)/t19?,20-,24+,25+,41?/m1/s1. The Morgan fingerprint density at radius 2 is 1.51 bits per heavy atom. The first-order valence-electron chi connectivity index (χ1n) is 13.4. The summed E-state index contributed by atoms with van der Waals surface area (Å²) in [5, 5.41) is 17.3. The van der Waals surface area contributed by atoms with Crippen LogP contribution in [0, 0.1) is 0 Å². The molecule has 11 nitrogen and oxygen atoms in total. The molecule has 4 amide bonds. The van der Waals surface area contributed by atoms with Crippen LogP contribution in [-0.2, 0) is 42.8 Å². The Bertz CT molecular complexity index is 1190. The Labute approximate surface area is 243 Å². The fraction of sp³-hybridized carbons (Fsp3) is 0.448. The zero-order valence-electron chi connectivity index (χ0n) is 24.0. The highest BCUT2D eigenvalue weighted by atomic mass is 32.2. The van der Waals surface area contributed by atoms with E-state index in [0.717, 1.165) is 11.1 Å². The number of hydrogen-bond acceptors (Lipinski definition) is 7. The number of hydrogen-bond donors (Lipinski definition) is 5. The van der Waals surface area contributed by atoms with Crippen LogP contribution in [0.4, 0.5) is 0 Å². The highest BCUT2D eigenvalue weighted by Crippen LogP contribution is 2.12. The Morgan fingerprint density at radius 1 is 0.902 bits per heavy atom. The minimum Gasteiger partial charge on any atom is -0.508 e. The number of rotatable bonds is 15. The van der Waals surface area contributed by atoms with E-state index in [4.69, 9.17) is 5.73 Å². The van der Waals surface area contributed by atoms with E-state index in [-0.39, 0.29) is 37.1 Å². The number of phenolic OH excluding ortho intramolecular Hbond substituents is 1. The van der Waals surface area contributed by atoms with Crippen LogP contribution in [0.5, 0.6) is 5.75 Å². The number of likely N-dealkylation sites (N-methyl/N-ethyl adjacent to an activating group) is 1. The lowest BCUT2D eigenvalue weighted by molar-refractivity contribution is -0.139. The fourth-order valence-corrected chi connectivity index (χ4v) is 4.66. The molecule has 41 heavy (non-hydrogen) atoms. The fourth-order valence-electron chi connectivity index (χ4n) is 3.98. The summed E-state index contributed by atoms with van der Waals surface area (Å²) in [4.78, 5) is 52.6. The molecule has 12 heteroatoms. The predicted molar refractivity (Wildman–Crippen MR) is 158 cm³/mol. The lowest BCUT2D eigenvalue weighted by Crippen LogP contribution is -2.54. The van der Waals surface area contributed by atoms with Gasteiger partial charge in [-0.15, -0.1) is 0 Å². The third kappa shape index (κ3) is 11.7. The summed E-state index contributed by atoms with van der Waals surface area (Å²) in [5.74, 6) is -1.41. The van der Waals surface area contributed by atoms with E-state index in [1.807, 2.05) is 37.3 Å². The number of nitrogens with two attached hydrogens (primary N) is 1. The number of phenols is 1. The van der Waals surface area contributed by atoms with Crippen LogP contribution in [0.15, 0.2) is 54.6 Å². The van der Waals surface area contributed by atoms with Crippen molar-refractivity contribution in [2.75, 3.05) is 25.6 Å². The first-order chi connectivity index (χ1) is 19.4. The minimum atomic E-state index is -0.985. The highest BCUT2D eigenvalue weighted by molar-refractivity contribution is 7.84. The maximum absolute atomic E-state index is 13.2. The summed E-state index contributed by atoms with van der Waals surface area (Å²) in [6.45, 7) is 2.92. The van der Waals surface area contributed by atoms with Crippen LogP contribution >= 0.6 is 0 Å². The molecule has 2 aromatic rings. The minimum absolute atomic E-state index is 0.101. The third-order valence-corrected chi connectivity index (χ3v) is 7.37. The van der Waals surface area contributed by atoms with E-state index in [1.165, 1.54) is 31.0 Å². The molecule has 6 N–H and O–H groups in total. The molecule has 0 saturated heterocycles. The van der Waals surface area contributed by atoms with Crippen molar-refractivity contribution in [2.45, 2.75) is 57.3 Å². The molecule has 5 atom stereocenters. The van der Waals surface area contributed by atoms with Gasteiger partial charge >= 0.3 is 0 Å². The molecule has 0 aliphatic heterocycles. The molecular formula is C29H41N5O6S. The topological polar surface area (TPSA) is 171 Å². The van der Waals surface area contributed by atoms with Gasteiger partial charge in [-0.1, -0.05) is 42.5 Å². The monoisotopic (exact) mass is 587 g/mol. The molecule has 0 aliphatic rings. The van der Waals surface area contributed by atoms with Crippen molar-refractivity contribution in [1.29, 1.82) is 0 Å². The lowest BCUT2D eigenvalue weighted by atomic mass is 10.0. The largest absolute Gasteiger partial charge is 0.508 e. The molecule has 0 aromatic heterocycles. The van der Waals surface area contributed by atoms with Crippen molar-refractivity contribution in [1.82, 2.24) is 20.9 Å². The van der Waals surface area contributed by atoms with E-state index in [2.05, 4.69) is 16.0 Å². The van der Waals surface area contributed by atoms with Crippen molar-refractivity contribution in [3.05, 3.63) is 65.7 Å². The average Bonchev–Trinajstić information content (AvgIpc) is 2.94. The molecule has 0 bridgehead atoms. The van der Waals surface area contributed by atoms with Crippen molar-refractivity contribution in [3.8, 4) is 5.75 Å². The number of amides is 4. The molecule has 2 unspecified atom stereocenters. The van der Waals surface area contributed by atoms with E-state index < -0.39 is 46.6 Å². The zero-order valence-corrected chi connectivity index (χ0v) is 24.8. The summed E-state index contributed by atoms with van der Waals surface area (Å²) < 4.78 is 11.4. The second-order valence-corrected chi connectivity index (χ2v) is 11.7. The quantitative estimate of drug-likeness (QED) is 0.198. The summed E-state index contributed by atoms with van der Waals surface area (Å²) in [5.41, 5.74) is 7.58. The van der Waals surface area contributed by atoms with E-state index in [1.54, 1.807) is 18.4 Å². The van der Waals surface area contributed by atoms with E-state index >= 15 is 0 Å². The average molecular weight is 588 g/mol. The molecule has 0 saturated carbocycles. The van der Waals surface area contributed by atoms with Gasteiger partial charge in [-0.3, -0.25) is 23.4 Å². The smallest absolute Gasteiger partial charge is 0.243 e. The highest BCUT2D eigenvalue weighted by Gasteiger charge is 2.29. The number of carbonyl (C=O) groups excluding carboxylic acids is 4. The van der Waals surface area contributed by atoms with Gasteiger partial charge in [0.15, 0.2) is 0 Å². The first kappa shape index (κ1) is 33.4. The van der Waals surface area contributed by atoms with Crippen molar-refractivity contribution in [2.24, 2.45) is 5.73 Å². The second kappa shape index (κ2) is 16.5. The van der Waals surface area contributed by atoms with Gasteiger partial charge in [-0.2, -0.15) is 0 Å². The molecule has 0 spiro atoms.